The molecule has 0 saturated carbocycles. The van der Waals surface area contributed by atoms with Gasteiger partial charge in [0, 0.05) is 12.7 Å². The van der Waals surface area contributed by atoms with Crippen LogP contribution < -0.4 is 11.1 Å². The lowest BCUT2D eigenvalue weighted by Crippen LogP contribution is -2.28. The fourth-order valence-electron chi connectivity index (χ4n) is 0.960. The summed E-state index contributed by atoms with van der Waals surface area (Å²) in [6, 6.07) is 0. The number of hydrogen-bond donors (Lipinski definition) is 2. The second-order valence-electron chi connectivity index (χ2n) is 2.91. The summed E-state index contributed by atoms with van der Waals surface area (Å²) in [5.41, 5.74) is 5.42. The maximum atomic E-state index is 11.2. The van der Waals surface area contributed by atoms with Crippen molar-refractivity contribution in [3.63, 3.8) is 0 Å². The van der Waals surface area contributed by atoms with Crippen LogP contribution in [0.3, 0.4) is 0 Å². The number of nitrogen functional groups attached to an aromatic ring is 1. The Morgan fingerprint density at radius 3 is 3.00 bits per heavy atom. The first-order chi connectivity index (χ1) is 6.63. The van der Waals surface area contributed by atoms with Crippen molar-refractivity contribution in [2.75, 3.05) is 12.3 Å². The number of nitrogens with zero attached hydrogens (tertiary/aromatic N) is 2. The number of anilines is 1. The summed E-state index contributed by atoms with van der Waals surface area (Å²) in [5, 5.41) is 6.95. The van der Waals surface area contributed by atoms with E-state index in [1.165, 1.54) is 10.9 Å². The highest BCUT2D eigenvalue weighted by atomic mass is 35.5. The van der Waals surface area contributed by atoms with Gasteiger partial charge in [0.1, 0.15) is 11.6 Å². The third-order valence-corrected chi connectivity index (χ3v) is 1.91. The van der Waals surface area contributed by atoms with Gasteiger partial charge in [-0.15, -0.1) is 0 Å². The highest BCUT2D eigenvalue weighted by molar-refractivity contribution is 6.32. The zero-order valence-corrected chi connectivity index (χ0v) is 8.71. The minimum absolute atomic E-state index is 0.0917. The van der Waals surface area contributed by atoms with Crippen molar-refractivity contribution in [3.8, 4) is 0 Å². The first-order valence-corrected chi connectivity index (χ1v) is 4.76. The molecule has 0 atom stereocenters. The molecule has 0 spiro atoms. The highest BCUT2D eigenvalue weighted by Gasteiger charge is 2.06. The molecule has 0 aromatic carbocycles. The molecule has 5 nitrogen and oxygen atoms in total. The third-order valence-electron chi connectivity index (χ3n) is 1.62. The molecule has 1 rings (SSSR count). The van der Waals surface area contributed by atoms with E-state index in [0.29, 0.717) is 11.6 Å². The van der Waals surface area contributed by atoms with Gasteiger partial charge in [-0.05, 0) is 6.42 Å². The Morgan fingerprint density at radius 2 is 2.50 bits per heavy atom. The molecule has 1 aromatic heterocycles. The number of carbonyl (C=O) groups excluding carboxylic acids is 1. The molecule has 78 valence electrons. The third kappa shape index (κ3) is 2.92. The Morgan fingerprint density at radius 1 is 1.79 bits per heavy atom. The number of amides is 1. The molecule has 0 radical (unpaired) electrons. The van der Waals surface area contributed by atoms with Gasteiger partial charge in [-0.3, -0.25) is 9.48 Å². The Labute approximate surface area is 87.2 Å². The molecule has 0 aliphatic carbocycles. The number of nitrogens with two attached hydrogens (primary N) is 1. The lowest BCUT2D eigenvalue weighted by atomic mass is 10.4. The van der Waals surface area contributed by atoms with Gasteiger partial charge >= 0.3 is 0 Å². The number of carbonyl (C=O) groups is 1. The van der Waals surface area contributed by atoms with E-state index < -0.39 is 0 Å². The van der Waals surface area contributed by atoms with Gasteiger partial charge in [-0.2, -0.15) is 5.10 Å². The van der Waals surface area contributed by atoms with Gasteiger partial charge in [-0.25, -0.2) is 0 Å². The number of rotatable bonds is 4. The molecule has 1 heterocycles. The molecule has 3 N–H and O–H groups in total. The van der Waals surface area contributed by atoms with Crippen molar-refractivity contribution in [3.05, 3.63) is 11.2 Å². The van der Waals surface area contributed by atoms with E-state index in [1.54, 1.807) is 0 Å². The summed E-state index contributed by atoms with van der Waals surface area (Å²) in [5.74, 6) is 0.154. The zero-order chi connectivity index (χ0) is 10.6. The van der Waals surface area contributed by atoms with Crippen LogP contribution in [0.15, 0.2) is 6.20 Å². The van der Waals surface area contributed by atoms with E-state index in [0.717, 1.165) is 6.42 Å². The van der Waals surface area contributed by atoms with Gasteiger partial charge in [0.05, 0.1) is 0 Å². The van der Waals surface area contributed by atoms with Crippen molar-refractivity contribution < 1.29 is 4.79 Å². The summed E-state index contributed by atoms with van der Waals surface area (Å²) < 4.78 is 1.42. The summed E-state index contributed by atoms with van der Waals surface area (Å²) in [6.07, 6.45) is 2.44. The molecule has 14 heavy (non-hydrogen) atoms. The van der Waals surface area contributed by atoms with Gasteiger partial charge in [0.25, 0.3) is 0 Å². The monoisotopic (exact) mass is 216 g/mol. The van der Waals surface area contributed by atoms with E-state index in [2.05, 4.69) is 10.4 Å². The highest BCUT2D eigenvalue weighted by Crippen LogP contribution is 2.14. The zero-order valence-electron chi connectivity index (χ0n) is 7.96. The molecule has 1 aromatic rings. The molecular formula is C8H13ClN4O. The molecule has 0 aliphatic heterocycles. The average Bonchev–Trinajstić information content (AvgIpc) is 2.42. The lowest BCUT2D eigenvalue weighted by molar-refractivity contribution is -0.121. The van der Waals surface area contributed by atoms with E-state index in [-0.39, 0.29) is 18.3 Å². The predicted molar refractivity (Wildman–Crippen MR) is 55.0 cm³/mol. The van der Waals surface area contributed by atoms with Crippen LogP contribution in [0.4, 0.5) is 5.82 Å². The van der Waals surface area contributed by atoms with Crippen LogP contribution in [0, 0.1) is 0 Å². The SMILES string of the molecule is CCCNC(=O)Cn1cc(Cl)c(N)n1. The van der Waals surface area contributed by atoms with Crippen LogP contribution >= 0.6 is 11.6 Å². The van der Waals surface area contributed by atoms with Gasteiger partial charge in [0.15, 0.2) is 5.82 Å². The molecule has 0 unspecified atom stereocenters. The molecule has 0 bridgehead atoms. The molecule has 0 aliphatic rings. The first-order valence-electron chi connectivity index (χ1n) is 4.38. The quantitative estimate of drug-likeness (QED) is 0.776. The Kier molecular flexibility index (Phi) is 3.76. The molecule has 0 fully saturated rings. The summed E-state index contributed by atoms with van der Waals surface area (Å²) in [7, 11) is 0. The van der Waals surface area contributed by atoms with E-state index in [1.807, 2.05) is 6.92 Å². The van der Waals surface area contributed by atoms with Crippen molar-refractivity contribution in [2.45, 2.75) is 19.9 Å². The van der Waals surface area contributed by atoms with Crippen LogP contribution in [-0.4, -0.2) is 22.2 Å². The minimum Gasteiger partial charge on any atom is -0.381 e. The van der Waals surface area contributed by atoms with Crippen LogP contribution in [0.2, 0.25) is 5.02 Å². The van der Waals surface area contributed by atoms with Crippen molar-refractivity contribution in [1.29, 1.82) is 0 Å². The number of nitrogens with one attached hydrogen (secondary N) is 1. The molecular weight excluding hydrogens is 204 g/mol. The number of halogens is 1. The Hall–Kier alpha value is -1.23. The standard InChI is InChI=1S/C8H13ClN4O/c1-2-3-11-7(14)5-13-4-6(9)8(10)12-13/h4H,2-3,5H2,1H3,(H2,10,12)(H,11,14). The maximum Gasteiger partial charge on any atom is 0.241 e. The topological polar surface area (TPSA) is 72.9 Å². The minimum atomic E-state index is -0.0917. The smallest absolute Gasteiger partial charge is 0.241 e. The van der Waals surface area contributed by atoms with Crippen LogP contribution in [0.25, 0.3) is 0 Å². The van der Waals surface area contributed by atoms with Crippen LogP contribution in [-0.2, 0) is 11.3 Å². The average molecular weight is 217 g/mol. The van der Waals surface area contributed by atoms with Crippen molar-refractivity contribution >= 4 is 23.3 Å². The summed E-state index contributed by atoms with van der Waals surface area (Å²) in [4.78, 5) is 11.2. The molecule has 0 saturated heterocycles. The van der Waals surface area contributed by atoms with Crippen molar-refractivity contribution in [1.82, 2.24) is 15.1 Å². The molecule has 1 amide bonds. The van der Waals surface area contributed by atoms with E-state index in [4.69, 9.17) is 17.3 Å². The Balaban J connectivity index is 2.48. The predicted octanol–water partition coefficient (Wildman–Crippen LogP) is 0.645. The summed E-state index contributed by atoms with van der Waals surface area (Å²) in [6.45, 7) is 2.81. The number of hydrogen-bond acceptors (Lipinski definition) is 3. The fourth-order valence-corrected chi connectivity index (χ4v) is 1.11. The first kappa shape index (κ1) is 10.8. The van der Waals surface area contributed by atoms with Gasteiger partial charge in [0.2, 0.25) is 5.91 Å². The second-order valence-corrected chi connectivity index (χ2v) is 3.32. The second kappa shape index (κ2) is 4.85. The molecule has 6 heteroatoms. The van der Waals surface area contributed by atoms with Crippen LogP contribution in [0.5, 0.6) is 0 Å². The van der Waals surface area contributed by atoms with E-state index in [9.17, 15) is 4.79 Å². The van der Waals surface area contributed by atoms with Crippen molar-refractivity contribution in [2.24, 2.45) is 0 Å². The van der Waals surface area contributed by atoms with E-state index >= 15 is 0 Å². The maximum absolute atomic E-state index is 11.2. The number of aromatic nitrogens is 2. The lowest BCUT2D eigenvalue weighted by Gasteiger charge is -2.02. The van der Waals surface area contributed by atoms with Gasteiger partial charge < -0.3 is 11.1 Å². The Bertz CT molecular complexity index is 304. The van der Waals surface area contributed by atoms with Crippen LogP contribution in [0.1, 0.15) is 13.3 Å². The normalized spacial score (nSPS) is 10.1. The fraction of sp³-hybridized carbons (Fsp3) is 0.500. The largest absolute Gasteiger partial charge is 0.381 e. The van der Waals surface area contributed by atoms with Gasteiger partial charge in [-0.1, -0.05) is 18.5 Å². The summed E-state index contributed by atoms with van der Waals surface area (Å²) >= 11 is 5.68.